The fraction of sp³-hybridized carbons (Fsp3) is 0.308. The maximum Gasteiger partial charge on any atom is 0.335 e. The molecule has 1 aromatic carbocycles. The Kier molecular flexibility index (Phi) is 3.01. The summed E-state index contributed by atoms with van der Waals surface area (Å²) in [7, 11) is 0. The number of carbonyl (C=O) groups excluding carboxylic acids is 1. The van der Waals surface area contributed by atoms with Gasteiger partial charge in [0.2, 0.25) is 5.91 Å². The normalized spacial score (nSPS) is 11.7. The van der Waals surface area contributed by atoms with E-state index in [0.717, 1.165) is 5.52 Å². The average Bonchev–Trinajstić information content (AvgIpc) is 2.71. The van der Waals surface area contributed by atoms with Crippen molar-refractivity contribution in [2.24, 2.45) is 11.1 Å². The molecule has 2 rings (SSSR count). The molecule has 1 amide bonds. The Labute approximate surface area is 109 Å². The number of amides is 1. The Morgan fingerprint density at radius 1 is 1.42 bits per heavy atom. The zero-order valence-electron chi connectivity index (χ0n) is 10.8. The molecule has 1 aromatic heterocycles. The smallest absolute Gasteiger partial charge is 0.335 e. The van der Waals surface area contributed by atoms with E-state index in [4.69, 9.17) is 10.8 Å². The number of carboxylic acids is 1. The van der Waals surface area contributed by atoms with E-state index >= 15 is 0 Å². The van der Waals surface area contributed by atoms with Crippen LogP contribution in [0.25, 0.3) is 11.0 Å². The van der Waals surface area contributed by atoms with Crippen LogP contribution in [0.2, 0.25) is 0 Å². The number of imidazole rings is 1. The Bertz CT molecular complexity index is 658. The molecule has 0 radical (unpaired) electrons. The molecule has 0 aliphatic carbocycles. The van der Waals surface area contributed by atoms with Gasteiger partial charge in [-0.2, -0.15) is 0 Å². The van der Waals surface area contributed by atoms with Gasteiger partial charge in [-0.15, -0.1) is 0 Å². The minimum atomic E-state index is -0.992. The highest BCUT2D eigenvalue weighted by Gasteiger charge is 2.26. The van der Waals surface area contributed by atoms with Crippen molar-refractivity contribution in [3.8, 4) is 0 Å². The molecule has 0 aliphatic heterocycles. The van der Waals surface area contributed by atoms with Crippen LogP contribution in [0.1, 0.15) is 24.2 Å². The van der Waals surface area contributed by atoms with Gasteiger partial charge < -0.3 is 15.4 Å². The minimum absolute atomic E-state index is 0.187. The molecule has 0 fully saturated rings. The number of nitrogens with zero attached hydrogens (tertiary/aromatic N) is 2. The van der Waals surface area contributed by atoms with Gasteiger partial charge in [-0.25, -0.2) is 9.78 Å². The Balaban J connectivity index is 2.42. The van der Waals surface area contributed by atoms with Crippen LogP contribution in [-0.4, -0.2) is 26.5 Å². The van der Waals surface area contributed by atoms with Gasteiger partial charge in [-0.3, -0.25) is 4.79 Å². The monoisotopic (exact) mass is 261 g/mol. The number of benzene rings is 1. The molecule has 0 saturated heterocycles. The van der Waals surface area contributed by atoms with E-state index in [-0.39, 0.29) is 5.56 Å². The van der Waals surface area contributed by atoms with Crippen LogP contribution in [0.3, 0.4) is 0 Å². The third kappa shape index (κ3) is 2.42. The van der Waals surface area contributed by atoms with Crippen LogP contribution in [0.15, 0.2) is 24.5 Å². The number of hydrogen-bond donors (Lipinski definition) is 2. The molecule has 0 unspecified atom stereocenters. The van der Waals surface area contributed by atoms with Crippen LogP contribution >= 0.6 is 0 Å². The van der Waals surface area contributed by atoms with Gasteiger partial charge in [0.1, 0.15) is 0 Å². The summed E-state index contributed by atoms with van der Waals surface area (Å²) in [6.45, 7) is 3.91. The fourth-order valence-corrected chi connectivity index (χ4v) is 1.83. The van der Waals surface area contributed by atoms with Crippen molar-refractivity contribution in [1.82, 2.24) is 9.55 Å². The van der Waals surface area contributed by atoms with Gasteiger partial charge in [-0.05, 0) is 32.0 Å². The number of primary amides is 1. The van der Waals surface area contributed by atoms with E-state index in [1.54, 1.807) is 30.8 Å². The summed E-state index contributed by atoms with van der Waals surface area (Å²) in [5.41, 5.74) is 6.20. The standard InChI is InChI=1S/C13H15N3O3/c1-13(2,12(14)19)6-16-7-15-9-5-8(11(17)18)3-4-10(9)16/h3-5,7H,6H2,1-2H3,(H2,14,19)(H,17,18). The molecular formula is C13H15N3O3. The third-order valence-electron chi connectivity index (χ3n) is 3.10. The van der Waals surface area contributed by atoms with Crippen molar-refractivity contribution < 1.29 is 14.7 Å². The summed E-state index contributed by atoms with van der Waals surface area (Å²) in [6, 6.07) is 4.70. The number of fused-ring (bicyclic) bond motifs is 1. The van der Waals surface area contributed by atoms with Gasteiger partial charge in [0.05, 0.1) is 28.3 Å². The highest BCUT2D eigenvalue weighted by molar-refractivity contribution is 5.92. The first-order chi connectivity index (χ1) is 8.81. The number of nitrogens with two attached hydrogens (primary N) is 1. The first kappa shape index (κ1) is 13.1. The lowest BCUT2D eigenvalue weighted by molar-refractivity contribution is -0.126. The van der Waals surface area contributed by atoms with Crippen molar-refractivity contribution in [2.45, 2.75) is 20.4 Å². The maximum atomic E-state index is 11.3. The zero-order chi connectivity index (χ0) is 14.2. The van der Waals surface area contributed by atoms with Gasteiger partial charge in [0.25, 0.3) is 0 Å². The molecule has 100 valence electrons. The largest absolute Gasteiger partial charge is 0.478 e. The molecule has 0 spiro atoms. The van der Waals surface area contributed by atoms with Crippen LogP contribution in [0, 0.1) is 5.41 Å². The minimum Gasteiger partial charge on any atom is -0.478 e. The van der Waals surface area contributed by atoms with Crippen molar-refractivity contribution in [3.63, 3.8) is 0 Å². The van der Waals surface area contributed by atoms with Gasteiger partial charge in [0.15, 0.2) is 0 Å². The number of carbonyl (C=O) groups is 2. The summed E-state index contributed by atoms with van der Waals surface area (Å²) in [5.74, 6) is -1.38. The van der Waals surface area contributed by atoms with E-state index in [1.807, 2.05) is 0 Å². The predicted octanol–water partition coefficient (Wildman–Crippen LogP) is 1.25. The summed E-state index contributed by atoms with van der Waals surface area (Å²) in [4.78, 5) is 26.4. The zero-order valence-corrected chi connectivity index (χ0v) is 10.8. The molecule has 0 atom stereocenters. The predicted molar refractivity (Wildman–Crippen MR) is 69.7 cm³/mol. The van der Waals surface area contributed by atoms with Crippen LogP contribution in [-0.2, 0) is 11.3 Å². The van der Waals surface area contributed by atoms with Crippen molar-refractivity contribution in [3.05, 3.63) is 30.1 Å². The van der Waals surface area contributed by atoms with E-state index in [1.165, 1.54) is 12.1 Å². The van der Waals surface area contributed by atoms with E-state index in [2.05, 4.69) is 4.98 Å². The van der Waals surface area contributed by atoms with Crippen LogP contribution < -0.4 is 5.73 Å². The first-order valence-electron chi connectivity index (χ1n) is 5.79. The molecular weight excluding hydrogens is 246 g/mol. The second-order valence-corrected chi connectivity index (χ2v) is 5.13. The number of aromatic carboxylic acids is 1. The Hall–Kier alpha value is -2.37. The third-order valence-corrected chi connectivity index (χ3v) is 3.10. The summed E-state index contributed by atoms with van der Waals surface area (Å²) in [6.07, 6.45) is 1.58. The Morgan fingerprint density at radius 3 is 2.68 bits per heavy atom. The molecule has 2 aromatic rings. The topological polar surface area (TPSA) is 98.2 Å². The van der Waals surface area contributed by atoms with Crippen molar-refractivity contribution >= 4 is 22.9 Å². The Morgan fingerprint density at radius 2 is 2.11 bits per heavy atom. The summed E-state index contributed by atoms with van der Waals surface area (Å²) in [5, 5.41) is 8.91. The molecule has 6 nitrogen and oxygen atoms in total. The number of rotatable bonds is 4. The van der Waals surface area contributed by atoms with Crippen molar-refractivity contribution in [2.75, 3.05) is 0 Å². The molecule has 0 bridgehead atoms. The van der Waals surface area contributed by atoms with E-state index in [9.17, 15) is 9.59 Å². The van der Waals surface area contributed by atoms with E-state index < -0.39 is 17.3 Å². The van der Waals surface area contributed by atoms with Gasteiger partial charge in [-0.1, -0.05) is 0 Å². The van der Waals surface area contributed by atoms with Crippen LogP contribution in [0.4, 0.5) is 0 Å². The fourth-order valence-electron chi connectivity index (χ4n) is 1.83. The molecule has 6 heteroatoms. The first-order valence-corrected chi connectivity index (χ1v) is 5.79. The van der Waals surface area contributed by atoms with Gasteiger partial charge >= 0.3 is 5.97 Å². The quantitative estimate of drug-likeness (QED) is 0.865. The van der Waals surface area contributed by atoms with Gasteiger partial charge in [0, 0.05) is 6.54 Å². The van der Waals surface area contributed by atoms with Crippen molar-refractivity contribution in [1.29, 1.82) is 0 Å². The second kappa shape index (κ2) is 4.38. The molecule has 1 heterocycles. The second-order valence-electron chi connectivity index (χ2n) is 5.13. The lowest BCUT2D eigenvalue weighted by Gasteiger charge is -2.21. The SMILES string of the molecule is CC(C)(Cn1cnc2cc(C(=O)O)ccc21)C(N)=O. The lowest BCUT2D eigenvalue weighted by Crippen LogP contribution is -2.35. The summed E-state index contributed by atoms with van der Waals surface area (Å²) < 4.78 is 1.80. The number of aromatic nitrogens is 2. The molecule has 0 saturated carbocycles. The average molecular weight is 261 g/mol. The lowest BCUT2D eigenvalue weighted by atomic mass is 9.92. The molecule has 0 aliphatic rings. The number of hydrogen-bond acceptors (Lipinski definition) is 3. The highest BCUT2D eigenvalue weighted by Crippen LogP contribution is 2.22. The summed E-state index contributed by atoms with van der Waals surface area (Å²) >= 11 is 0. The highest BCUT2D eigenvalue weighted by atomic mass is 16.4. The molecule has 19 heavy (non-hydrogen) atoms. The number of carboxylic acid groups (broad SMARTS) is 1. The van der Waals surface area contributed by atoms with Crippen LogP contribution in [0.5, 0.6) is 0 Å². The maximum absolute atomic E-state index is 11.3. The van der Waals surface area contributed by atoms with E-state index in [0.29, 0.717) is 12.1 Å². The molecule has 3 N–H and O–H groups in total.